The molecule has 9 heteroatoms. The van der Waals surface area contributed by atoms with Crippen molar-refractivity contribution in [2.24, 2.45) is 0 Å². The van der Waals surface area contributed by atoms with Gasteiger partial charge in [-0.3, -0.25) is 5.10 Å². The molecule has 30 heavy (non-hydrogen) atoms. The smallest absolute Gasteiger partial charge is 0.342 e. The summed E-state index contributed by atoms with van der Waals surface area (Å²) in [7, 11) is 0. The number of ether oxygens (including phenoxy) is 1. The number of rotatable bonds is 6. The molecule has 0 aliphatic heterocycles. The van der Waals surface area contributed by atoms with E-state index in [2.05, 4.69) is 30.5 Å². The van der Waals surface area contributed by atoms with E-state index in [1.165, 1.54) is 6.20 Å². The summed E-state index contributed by atoms with van der Waals surface area (Å²) in [5.41, 5.74) is 9.45. The summed E-state index contributed by atoms with van der Waals surface area (Å²) in [6, 6.07) is 17.1. The highest BCUT2D eigenvalue weighted by atomic mass is 16.5. The molecule has 0 bridgehead atoms. The number of anilines is 3. The summed E-state index contributed by atoms with van der Waals surface area (Å²) in [6.07, 6.45) is 1.43. The Bertz CT molecular complexity index is 1160. The first-order valence-electron chi connectivity index (χ1n) is 9.18. The minimum absolute atomic E-state index is 0.0268. The number of nitrogen functional groups attached to an aromatic ring is 1. The van der Waals surface area contributed by atoms with Crippen LogP contribution in [0.5, 0.6) is 0 Å². The molecule has 0 saturated heterocycles. The van der Waals surface area contributed by atoms with Gasteiger partial charge in [-0.2, -0.15) is 20.1 Å². The van der Waals surface area contributed by atoms with Crippen molar-refractivity contribution in [2.75, 3.05) is 11.1 Å². The van der Waals surface area contributed by atoms with E-state index in [9.17, 15) is 4.79 Å². The lowest BCUT2D eigenvalue weighted by atomic mass is 10.1. The number of nitrogens with one attached hydrogen (secondary N) is 2. The van der Waals surface area contributed by atoms with Crippen LogP contribution in [0.4, 0.5) is 17.6 Å². The van der Waals surface area contributed by atoms with Crippen molar-refractivity contribution in [1.29, 1.82) is 0 Å². The molecule has 0 spiro atoms. The minimum atomic E-state index is -0.547. The fraction of sp³-hybridized carbons (Fsp3) is 0.0952. The number of H-pyrrole nitrogens is 1. The fourth-order valence-corrected chi connectivity index (χ4v) is 2.80. The van der Waals surface area contributed by atoms with Gasteiger partial charge in [0, 0.05) is 11.3 Å². The Kier molecular flexibility index (Phi) is 5.33. The highest BCUT2D eigenvalue weighted by Crippen LogP contribution is 2.21. The Balaban J connectivity index is 1.46. The number of esters is 1. The molecule has 2 aromatic heterocycles. The first-order valence-corrected chi connectivity index (χ1v) is 9.18. The Morgan fingerprint density at radius 2 is 1.83 bits per heavy atom. The molecule has 9 nitrogen and oxygen atoms in total. The maximum absolute atomic E-state index is 12.6. The largest absolute Gasteiger partial charge is 0.454 e. The molecule has 4 aromatic rings. The van der Waals surface area contributed by atoms with Gasteiger partial charge >= 0.3 is 5.97 Å². The lowest BCUT2D eigenvalue weighted by Crippen LogP contribution is -2.11. The molecular formula is C21H19N7O2. The van der Waals surface area contributed by atoms with E-state index in [4.69, 9.17) is 10.5 Å². The van der Waals surface area contributed by atoms with Gasteiger partial charge in [-0.1, -0.05) is 48.0 Å². The van der Waals surface area contributed by atoms with Crippen LogP contribution in [0.15, 0.2) is 60.8 Å². The average Bonchev–Trinajstić information content (AvgIpc) is 3.24. The first-order chi connectivity index (χ1) is 14.6. The van der Waals surface area contributed by atoms with E-state index in [0.717, 1.165) is 16.8 Å². The second-order valence-corrected chi connectivity index (χ2v) is 6.53. The fourth-order valence-electron chi connectivity index (χ4n) is 2.80. The number of aromatic amines is 1. The Morgan fingerprint density at radius 1 is 1.07 bits per heavy atom. The third-order valence-electron chi connectivity index (χ3n) is 4.26. The Labute approximate surface area is 172 Å². The van der Waals surface area contributed by atoms with Gasteiger partial charge < -0.3 is 15.8 Å². The predicted octanol–water partition coefficient (Wildman–Crippen LogP) is 3.25. The van der Waals surface area contributed by atoms with E-state index in [1.54, 1.807) is 0 Å². The first kappa shape index (κ1) is 19.1. The molecule has 4 N–H and O–H groups in total. The van der Waals surface area contributed by atoms with Crippen molar-refractivity contribution in [3.05, 3.63) is 77.7 Å². The highest BCUT2D eigenvalue weighted by molar-refractivity contribution is 5.95. The number of hydrogen-bond donors (Lipinski definition) is 3. The molecule has 4 rings (SSSR count). The second kappa shape index (κ2) is 8.39. The average molecular weight is 401 g/mol. The van der Waals surface area contributed by atoms with Gasteiger partial charge in [0.05, 0.1) is 11.9 Å². The van der Waals surface area contributed by atoms with Crippen LogP contribution in [0.25, 0.3) is 11.3 Å². The van der Waals surface area contributed by atoms with E-state index in [0.29, 0.717) is 11.3 Å². The highest BCUT2D eigenvalue weighted by Gasteiger charge is 2.17. The molecule has 0 atom stereocenters. The zero-order valence-electron chi connectivity index (χ0n) is 16.2. The van der Waals surface area contributed by atoms with Crippen molar-refractivity contribution in [2.45, 2.75) is 13.5 Å². The lowest BCUT2D eigenvalue weighted by Gasteiger charge is -2.08. The van der Waals surface area contributed by atoms with E-state index in [1.807, 2.05) is 61.5 Å². The number of aromatic nitrogens is 5. The van der Waals surface area contributed by atoms with Crippen molar-refractivity contribution in [1.82, 2.24) is 25.1 Å². The van der Waals surface area contributed by atoms with E-state index < -0.39 is 5.97 Å². The molecule has 2 aromatic carbocycles. The van der Waals surface area contributed by atoms with Gasteiger partial charge in [0.15, 0.2) is 12.4 Å². The third-order valence-corrected chi connectivity index (χ3v) is 4.26. The number of carbonyl (C=O) groups is 1. The minimum Gasteiger partial charge on any atom is -0.454 e. The van der Waals surface area contributed by atoms with Crippen LogP contribution in [0.2, 0.25) is 0 Å². The molecule has 0 aliphatic rings. The van der Waals surface area contributed by atoms with Crippen LogP contribution in [-0.4, -0.2) is 31.1 Å². The second-order valence-electron chi connectivity index (χ2n) is 6.53. The molecule has 0 amide bonds. The number of carbonyl (C=O) groups excluding carboxylic acids is 1. The normalized spacial score (nSPS) is 10.6. The SMILES string of the molecule is Cc1ccc(Nc2nc(N)nc(COC(=O)c3cn[nH]c3-c3ccccc3)n2)cc1. The number of hydrogen-bond acceptors (Lipinski definition) is 8. The zero-order valence-corrected chi connectivity index (χ0v) is 16.2. The molecule has 0 fully saturated rings. The number of benzene rings is 2. The van der Waals surface area contributed by atoms with Gasteiger partial charge in [-0.25, -0.2) is 4.79 Å². The van der Waals surface area contributed by atoms with Gasteiger partial charge in [-0.15, -0.1) is 0 Å². The lowest BCUT2D eigenvalue weighted by molar-refractivity contribution is 0.0463. The molecule has 0 radical (unpaired) electrons. The van der Waals surface area contributed by atoms with Gasteiger partial charge in [0.1, 0.15) is 5.56 Å². The summed E-state index contributed by atoms with van der Waals surface area (Å²) in [5, 5.41) is 9.85. The van der Waals surface area contributed by atoms with Crippen molar-refractivity contribution < 1.29 is 9.53 Å². The monoisotopic (exact) mass is 401 g/mol. The van der Waals surface area contributed by atoms with Crippen LogP contribution in [0.1, 0.15) is 21.7 Å². The Hall–Kier alpha value is -4.27. The number of aryl methyl sites for hydroxylation is 1. The summed E-state index contributed by atoms with van der Waals surface area (Å²) in [6.45, 7) is 1.84. The molecule has 0 unspecified atom stereocenters. The van der Waals surface area contributed by atoms with Crippen LogP contribution in [-0.2, 0) is 11.3 Å². The molecule has 0 aliphatic carbocycles. The van der Waals surface area contributed by atoms with Crippen molar-refractivity contribution in [3.8, 4) is 11.3 Å². The van der Waals surface area contributed by atoms with Crippen molar-refractivity contribution in [3.63, 3.8) is 0 Å². The maximum Gasteiger partial charge on any atom is 0.342 e. The number of nitrogens with two attached hydrogens (primary N) is 1. The summed E-state index contributed by atoms with van der Waals surface area (Å²) >= 11 is 0. The zero-order chi connectivity index (χ0) is 20.9. The Morgan fingerprint density at radius 3 is 2.60 bits per heavy atom. The molecule has 2 heterocycles. The summed E-state index contributed by atoms with van der Waals surface area (Å²) in [4.78, 5) is 24.9. The van der Waals surface area contributed by atoms with Gasteiger partial charge in [0.2, 0.25) is 11.9 Å². The topological polar surface area (TPSA) is 132 Å². The number of nitrogens with zero attached hydrogens (tertiary/aromatic N) is 4. The standard InChI is InChI=1S/C21H19N7O2/c1-13-7-9-15(10-8-13)24-21-26-17(25-20(22)27-21)12-30-19(29)16-11-23-28-18(16)14-5-3-2-4-6-14/h2-11H,12H2,1H3,(H,23,28)(H3,22,24,25,26,27). The molecule has 0 saturated carbocycles. The van der Waals surface area contributed by atoms with Crippen LogP contribution in [0.3, 0.4) is 0 Å². The van der Waals surface area contributed by atoms with Crippen LogP contribution in [0, 0.1) is 6.92 Å². The maximum atomic E-state index is 12.6. The van der Waals surface area contributed by atoms with E-state index in [-0.39, 0.29) is 24.3 Å². The van der Waals surface area contributed by atoms with Crippen LogP contribution >= 0.6 is 0 Å². The molecule has 150 valence electrons. The molecular weight excluding hydrogens is 382 g/mol. The van der Waals surface area contributed by atoms with Crippen molar-refractivity contribution >= 4 is 23.6 Å². The quantitative estimate of drug-likeness (QED) is 0.420. The van der Waals surface area contributed by atoms with Crippen LogP contribution < -0.4 is 11.1 Å². The third kappa shape index (κ3) is 4.41. The summed E-state index contributed by atoms with van der Waals surface area (Å²) in [5.74, 6) is -0.0190. The van der Waals surface area contributed by atoms with Gasteiger partial charge in [-0.05, 0) is 19.1 Å². The predicted molar refractivity (Wildman–Crippen MR) is 112 cm³/mol. The van der Waals surface area contributed by atoms with E-state index >= 15 is 0 Å². The summed E-state index contributed by atoms with van der Waals surface area (Å²) < 4.78 is 5.38. The van der Waals surface area contributed by atoms with Gasteiger partial charge in [0.25, 0.3) is 0 Å².